The van der Waals surface area contributed by atoms with Crippen molar-refractivity contribution >= 4 is 17.6 Å². The Hall–Kier alpha value is -1.62. The Balaban J connectivity index is 2.07. The van der Waals surface area contributed by atoms with Crippen molar-refractivity contribution in [2.75, 3.05) is 11.9 Å². The molecule has 2 heterocycles. The van der Waals surface area contributed by atoms with Crippen LogP contribution in [0.25, 0.3) is 0 Å². The quantitative estimate of drug-likeness (QED) is 0.782. The average Bonchev–Trinajstić information content (AvgIpc) is 2.79. The largest absolute Gasteiger partial charge is 0.406 e. The van der Waals surface area contributed by atoms with E-state index in [0.29, 0.717) is 18.5 Å². The molecule has 0 fully saturated rings. The molecule has 0 aromatic carbocycles. The van der Waals surface area contributed by atoms with Gasteiger partial charge < -0.3 is 9.32 Å². The van der Waals surface area contributed by atoms with Gasteiger partial charge in [0.25, 0.3) is 0 Å². The van der Waals surface area contributed by atoms with E-state index < -0.39 is 0 Å². The number of aromatic nitrogens is 3. The summed E-state index contributed by atoms with van der Waals surface area (Å²) in [4.78, 5) is 6.06. The van der Waals surface area contributed by atoms with Crippen LogP contribution in [0, 0.1) is 0 Å². The number of anilines is 1. The van der Waals surface area contributed by atoms with Gasteiger partial charge in [-0.15, -0.1) is 16.7 Å². The van der Waals surface area contributed by atoms with Gasteiger partial charge in [0, 0.05) is 13.2 Å². The monoisotopic (exact) mass is 252 g/mol. The smallest absolute Gasteiger partial charge is 0.318 e. The van der Waals surface area contributed by atoms with Crippen molar-refractivity contribution in [3.05, 3.63) is 36.0 Å². The highest BCUT2D eigenvalue weighted by atomic mass is 35.5. The third-order valence-corrected chi connectivity index (χ3v) is 2.41. The molecule has 17 heavy (non-hydrogen) atoms. The molecule has 2 aromatic heterocycles. The molecular weight excluding hydrogens is 240 g/mol. The second-order valence-corrected chi connectivity index (χ2v) is 4.37. The highest BCUT2D eigenvalue weighted by molar-refractivity contribution is 6.20. The maximum absolute atomic E-state index is 5.85. The van der Waals surface area contributed by atoms with Crippen molar-refractivity contribution in [3.63, 3.8) is 0 Å². The molecule has 0 radical (unpaired) electrons. The second-order valence-electron chi connectivity index (χ2n) is 3.72. The summed E-state index contributed by atoms with van der Waals surface area (Å²) >= 11 is 5.85. The Morgan fingerprint density at radius 2 is 2.24 bits per heavy atom. The number of rotatable bonds is 4. The standard InChI is InChI=1S/C11H13ClN4O/c1-8(12)10-14-15-11(17-10)16(2)7-9-5-3-4-6-13-9/h3-6,8H,7H2,1-2H3. The van der Waals surface area contributed by atoms with Crippen molar-refractivity contribution in [2.24, 2.45) is 0 Å². The van der Waals surface area contributed by atoms with Gasteiger partial charge in [0.1, 0.15) is 5.38 Å². The molecule has 2 aromatic rings. The molecule has 2 rings (SSSR count). The van der Waals surface area contributed by atoms with Gasteiger partial charge in [0.05, 0.1) is 12.2 Å². The minimum atomic E-state index is -0.278. The van der Waals surface area contributed by atoms with Crippen LogP contribution in [0.5, 0.6) is 0 Å². The molecule has 6 heteroatoms. The van der Waals surface area contributed by atoms with E-state index in [1.54, 1.807) is 13.1 Å². The summed E-state index contributed by atoms with van der Waals surface area (Å²) in [6.45, 7) is 2.40. The van der Waals surface area contributed by atoms with E-state index >= 15 is 0 Å². The van der Waals surface area contributed by atoms with Gasteiger partial charge in [-0.3, -0.25) is 4.98 Å². The van der Waals surface area contributed by atoms with E-state index in [4.69, 9.17) is 16.0 Å². The van der Waals surface area contributed by atoms with Gasteiger partial charge in [-0.05, 0) is 19.1 Å². The van der Waals surface area contributed by atoms with Gasteiger partial charge in [-0.25, -0.2) is 0 Å². The zero-order chi connectivity index (χ0) is 12.3. The summed E-state index contributed by atoms with van der Waals surface area (Å²) in [5.74, 6) is 0.425. The molecule has 0 spiro atoms. The predicted molar refractivity (Wildman–Crippen MR) is 64.9 cm³/mol. The molecule has 0 aliphatic rings. The van der Waals surface area contributed by atoms with Crippen LogP contribution < -0.4 is 4.90 Å². The maximum Gasteiger partial charge on any atom is 0.318 e. The lowest BCUT2D eigenvalue weighted by molar-refractivity contribution is 0.489. The first-order valence-corrected chi connectivity index (χ1v) is 5.69. The van der Waals surface area contributed by atoms with Gasteiger partial charge in [-0.1, -0.05) is 11.2 Å². The molecule has 0 aliphatic heterocycles. The summed E-state index contributed by atoms with van der Waals surface area (Å²) in [5.41, 5.74) is 0.939. The molecule has 1 atom stereocenters. The minimum Gasteiger partial charge on any atom is -0.406 e. The normalized spacial score (nSPS) is 12.4. The van der Waals surface area contributed by atoms with Gasteiger partial charge in [0.2, 0.25) is 5.89 Å². The van der Waals surface area contributed by atoms with Crippen LogP contribution in [0.3, 0.4) is 0 Å². The number of hydrogen-bond donors (Lipinski definition) is 0. The van der Waals surface area contributed by atoms with Crippen molar-refractivity contribution in [2.45, 2.75) is 18.8 Å². The Kier molecular flexibility index (Phi) is 3.58. The second kappa shape index (κ2) is 5.14. The summed E-state index contributed by atoms with van der Waals surface area (Å²) in [7, 11) is 1.87. The van der Waals surface area contributed by atoms with Crippen LogP contribution in [0.1, 0.15) is 23.9 Å². The van der Waals surface area contributed by atoms with Crippen LogP contribution in [0.15, 0.2) is 28.8 Å². The van der Waals surface area contributed by atoms with Gasteiger partial charge in [-0.2, -0.15) is 0 Å². The van der Waals surface area contributed by atoms with Crippen molar-refractivity contribution < 1.29 is 4.42 Å². The molecule has 1 unspecified atom stereocenters. The summed E-state index contributed by atoms with van der Waals surface area (Å²) < 4.78 is 5.42. The molecule has 0 amide bonds. The maximum atomic E-state index is 5.85. The first kappa shape index (κ1) is 11.9. The number of nitrogens with zero attached hydrogens (tertiary/aromatic N) is 4. The van der Waals surface area contributed by atoms with Gasteiger partial charge in [0.15, 0.2) is 0 Å². The molecule has 0 saturated heterocycles. The highest BCUT2D eigenvalue weighted by Gasteiger charge is 2.14. The highest BCUT2D eigenvalue weighted by Crippen LogP contribution is 2.21. The van der Waals surface area contributed by atoms with Crippen LogP contribution in [0.2, 0.25) is 0 Å². The fraction of sp³-hybridized carbons (Fsp3) is 0.364. The van der Waals surface area contributed by atoms with Gasteiger partial charge >= 0.3 is 6.01 Å². The molecule has 0 bridgehead atoms. The van der Waals surface area contributed by atoms with E-state index in [-0.39, 0.29) is 5.38 Å². The van der Waals surface area contributed by atoms with E-state index in [1.165, 1.54) is 0 Å². The Bertz CT molecular complexity index is 471. The predicted octanol–water partition coefficient (Wildman–Crippen LogP) is 2.40. The third kappa shape index (κ3) is 2.94. The lowest BCUT2D eigenvalue weighted by atomic mass is 10.3. The fourth-order valence-electron chi connectivity index (χ4n) is 1.34. The van der Waals surface area contributed by atoms with Crippen LogP contribution in [-0.2, 0) is 6.54 Å². The molecule has 0 aliphatic carbocycles. The molecule has 0 saturated carbocycles. The number of halogens is 1. The third-order valence-electron chi connectivity index (χ3n) is 2.22. The lowest BCUT2D eigenvalue weighted by Crippen LogP contribution is -2.17. The average molecular weight is 253 g/mol. The summed E-state index contributed by atoms with van der Waals surface area (Å²) in [6.07, 6.45) is 1.75. The van der Waals surface area contributed by atoms with Crippen LogP contribution in [0.4, 0.5) is 6.01 Å². The Labute approximate surface area is 104 Å². The van der Waals surface area contributed by atoms with E-state index in [0.717, 1.165) is 5.69 Å². The molecule has 90 valence electrons. The summed E-state index contributed by atoms with van der Waals surface area (Å²) in [5, 5.41) is 7.52. The first-order chi connectivity index (χ1) is 8.16. The van der Waals surface area contributed by atoms with E-state index in [1.807, 2.05) is 30.1 Å². The number of hydrogen-bond acceptors (Lipinski definition) is 5. The summed E-state index contributed by atoms with van der Waals surface area (Å²) in [6, 6.07) is 6.20. The first-order valence-electron chi connectivity index (χ1n) is 5.25. The zero-order valence-corrected chi connectivity index (χ0v) is 10.4. The van der Waals surface area contributed by atoms with Crippen molar-refractivity contribution in [1.29, 1.82) is 0 Å². The molecule has 5 nitrogen and oxygen atoms in total. The fourth-order valence-corrected chi connectivity index (χ4v) is 1.43. The van der Waals surface area contributed by atoms with Crippen molar-refractivity contribution in [3.8, 4) is 0 Å². The number of pyridine rings is 1. The van der Waals surface area contributed by atoms with E-state index in [9.17, 15) is 0 Å². The lowest BCUT2D eigenvalue weighted by Gasteiger charge is -2.12. The van der Waals surface area contributed by atoms with Crippen LogP contribution >= 0.6 is 11.6 Å². The molecular formula is C11H13ClN4O. The SMILES string of the molecule is CC(Cl)c1nnc(N(C)Cc2ccccn2)o1. The van der Waals surface area contributed by atoms with Crippen molar-refractivity contribution in [1.82, 2.24) is 15.2 Å². The van der Waals surface area contributed by atoms with E-state index in [2.05, 4.69) is 15.2 Å². The minimum absolute atomic E-state index is 0.278. The topological polar surface area (TPSA) is 55.1 Å². The Morgan fingerprint density at radius 1 is 1.41 bits per heavy atom. The van der Waals surface area contributed by atoms with Crippen LogP contribution in [-0.4, -0.2) is 22.2 Å². The Morgan fingerprint density at radius 3 is 2.82 bits per heavy atom. The molecule has 0 N–H and O–H groups in total. The zero-order valence-electron chi connectivity index (χ0n) is 9.67. The number of alkyl halides is 1.